The average Bonchev–Trinajstić information content (AvgIpc) is 2.05. The molecule has 1 saturated heterocycles. The Hall–Kier alpha value is -1.33. The molecule has 0 radical (unpaired) electrons. The summed E-state index contributed by atoms with van der Waals surface area (Å²) < 4.78 is 0. The van der Waals surface area contributed by atoms with Crippen molar-refractivity contribution in [2.45, 2.75) is 5.41 Å². The maximum absolute atomic E-state index is 9.00. The first kappa shape index (κ1) is 7.33. The van der Waals surface area contributed by atoms with Gasteiger partial charge in [0.25, 0.3) is 0 Å². The quantitative estimate of drug-likeness (QED) is 0.663. The molecule has 1 aromatic rings. The molecule has 2 rings (SSSR count). The molecule has 0 amide bonds. The van der Waals surface area contributed by atoms with E-state index in [1.165, 1.54) is 0 Å². The minimum absolute atomic E-state index is 0.249. The second-order valence-corrected chi connectivity index (χ2v) is 3.16. The van der Waals surface area contributed by atoms with Crippen LogP contribution in [0.25, 0.3) is 0 Å². The van der Waals surface area contributed by atoms with Crippen LogP contribution in [0.4, 0.5) is 0 Å². The Labute approximate surface area is 71.8 Å². The Bertz CT molecular complexity index is 306. The summed E-state index contributed by atoms with van der Waals surface area (Å²) in [6.45, 7) is 1.57. The molecule has 1 fully saturated rings. The molecule has 1 aliphatic rings. The first-order chi connectivity index (χ1) is 5.87. The van der Waals surface area contributed by atoms with E-state index in [0.29, 0.717) is 0 Å². The van der Waals surface area contributed by atoms with Gasteiger partial charge in [0.1, 0.15) is 5.41 Å². The van der Waals surface area contributed by atoms with Crippen LogP contribution in [-0.4, -0.2) is 13.1 Å². The van der Waals surface area contributed by atoms with Crippen molar-refractivity contribution >= 4 is 0 Å². The Balaban J connectivity index is 2.36. The minimum Gasteiger partial charge on any atom is -0.313 e. The molecular formula is C10H10N2. The third-order valence-corrected chi connectivity index (χ3v) is 2.39. The van der Waals surface area contributed by atoms with E-state index < -0.39 is 0 Å². The highest BCUT2D eigenvalue weighted by Gasteiger charge is 2.38. The van der Waals surface area contributed by atoms with Gasteiger partial charge in [0.05, 0.1) is 6.07 Å². The number of nitrogens with one attached hydrogen (secondary N) is 1. The van der Waals surface area contributed by atoms with Gasteiger partial charge in [-0.2, -0.15) is 5.26 Å². The largest absolute Gasteiger partial charge is 0.313 e. The van der Waals surface area contributed by atoms with E-state index >= 15 is 0 Å². The second-order valence-electron chi connectivity index (χ2n) is 3.16. The average molecular weight is 158 g/mol. The lowest BCUT2D eigenvalue weighted by molar-refractivity contribution is 0.357. The van der Waals surface area contributed by atoms with Crippen molar-refractivity contribution < 1.29 is 0 Å². The van der Waals surface area contributed by atoms with E-state index in [9.17, 15) is 0 Å². The molecule has 1 aliphatic heterocycles. The molecule has 0 aromatic heterocycles. The Morgan fingerprint density at radius 1 is 1.25 bits per heavy atom. The zero-order valence-corrected chi connectivity index (χ0v) is 6.75. The fraction of sp³-hybridized carbons (Fsp3) is 0.300. The van der Waals surface area contributed by atoms with Gasteiger partial charge in [-0.1, -0.05) is 30.3 Å². The predicted octanol–water partition coefficient (Wildman–Crippen LogP) is 1.05. The topological polar surface area (TPSA) is 35.8 Å². The number of hydrogen-bond donors (Lipinski definition) is 1. The Kier molecular flexibility index (Phi) is 1.60. The van der Waals surface area contributed by atoms with Crippen LogP contribution in [-0.2, 0) is 5.41 Å². The van der Waals surface area contributed by atoms with E-state index in [1.54, 1.807) is 0 Å². The molecule has 0 spiro atoms. The Morgan fingerprint density at radius 2 is 1.92 bits per heavy atom. The SMILES string of the molecule is N#CC1(c2ccccc2)CNC1. The normalized spacial score (nSPS) is 19.2. The lowest BCUT2D eigenvalue weighted by Crippen LogP contribution is -2.55. The van der Waals surface area contributed by atoms with Crippen molar-refractivity contribution in [3.05, 3.63) is 35.9 Å². The maximum Gasteiger partial charge on any atom is 0.107 e. The lowest BCUT2D eigenvalue weighted by Gasteiger charge is -2.36. The van der Waals surface area contributed by atoms with Gasteiger partial charge in [0.15, 0.2) is 0 Å². The van der Waals surface area contributed by atoms with Gasteiger partial charge in [-0.05, 0) is 5.56 Å². The van der Waals surface area contributed by atoms with Gasteiger partial charge < -0.3 is 5.32 Å². The van der Waals surface area contributed by atoms with E-state index in [2.05, 4.69) is 11.4 Å². The number of rotatable bonds is 1. The fourth-order valence-electron chi connectivity index (χ4n) is 1.48. The van der Waals surface area contributed by atoms with Crippen LogP contribution >= 0.6 is 0 Å². The molecule has 1 aromatic carbocycles. The summed E-state index contributed by atoms with van der Waals surface area (Å²) in [4.78, 5) is 0. The molecule has 0 saturated carbocycles. The van der Waals surface area contributed by atoms with Crippen molar-refractivity contribution in [3.8, 4) is 6.07 Å². The van der Waals surface area contributed by atoms with Gasteiger partial charge in [-0.25, -0.2) is 0 Å². The third-order valence-electron chi connectivity index (χ3n) is 2.39. The predicted molar refractivity (Wildman–Crippen MR) is 46.6 cm³/mol. The molecule has 12 heavy (non-hydrogen) atoms. The van der Waals surface area contributed by atoms with Crippen molar-refractivity contribution in [1.29, 1.82) is 5.26 Å². The van der Waals surface area contributed by atoms with Crippen LogP contribution < -0.4 is 5.32 Å². The molecule has 2 nitrogen and oxygen atoms in total. The second kappa shape index (κ2) is 2.62. The van der Waals surface area contributed by atoms with Gasteiger partial charge in [0.2, 0.25) is 0 Å². The summed E-state index contributed by atoms with van der Waals surface area (Å²) in [6.07, 6.45) is 0. The monoisotopic (exact) mass is 158 g/mol. The standard InChI is InChI=1S/C10H10N2/c11-6-10(7-12-8-10)9-4-2-1-3-5-9/h1-5,12H,7-8H2. The number of benzene rings is 1. The molecule has 0 bridgehead atoms. The highest BCUT2D eigenvalue weighted by molar-refractivity contribution is 5.36. The van der Waals surface area contributed by atoms with E-state index in [4.69, 9.17) is 5.26 Å². The van der Waals surface area contributed by atoms with Crippen LogP contribution in [0.2, 0.25) is 0 Å². The van der Waals surface area contributed by atoms with Crippen LogP contribution in [0.5, 0.6) is 0 Å². The van der Waals surface area contributed by atoms with Crippen LogP contribution in [0.15, 0.2) is 30.3 Å². The molecule has 2 heteroatoms. The number of hydrogen-bond acceptors (Lipinski definition) is 2. The molecule has 0 aliphatic carbocycles. The van der Waals surface area contributed by atoms with Gasteiger partial charge in [0, 0.05) is 13.1 Å². The molecular weight excluding hydrogens is 148 g/mol. The Morgan fingerprint density at radius 3 is 2.33 bits per heavy atom. The van der Waals surface area contributed by atoms with Crippen LogP contribution in [0, 0.1) is 11.3 Å². The van der Waals surface area contributed by atoms with Crippen LogP contribution in [0.3, 0.4) is 0 Å². The molecule has 1 N–H and O–H groups in total. The van der Waals surface area contributed by atoms with Gasteiger partial charge in [-0.3, -0.25) is 0 Å². The summed E-state index contributed by atoms with van der Waals surface area (Å²) in [6, 6.07) is 12.3. The van der Waals surface area contributed by atoms with Gasteiger partial charge >= 0.3 is 0 Å². The zero-order valence-electron chi connectivity index (χ0n) is 6.75. The summed E-state index contributed by atoms with van der Waals surface area (Å²) in [5.41, 5.74) is 0.882. The zero-order chi connectivity index (χ0) is 8.44. The molecule has 0 atom stereocenters. The van der Waals surface area contributed by atoms with Crippen LogP contribution in [0.1, 0.15) is 5.56 Å². The summed E-state index contributed by atoms with van der Waals surface area (Å²) in [5.74, 6) is 0. The minimum atomic E-state index is -0.249. The molecule has 60 valence electrons. The highest BCUT2D eigenvalue weighted by atomic mass is 15.0. The first-order valence-corrected chi connectivity index (χ1v) is 4.05. The third kappa shape index (κ3) is 0.910. The summed E-state index contributed by atoms with van der Waals surface area (Å²) >= 11 is 0. The van der Waals surface area contributed by atoms with E-state index in [1.807, 2.05) is 30.3 Å². The smallest absolute Gasteiger partial charge is 0.107 e. The van der Waals surface area contributed by atoms with Crippen molar-refractivity contribution in [1.82, 2.24) is 5.32 Å². The number of nitrogens with zero attached hydrogens (tertiary/aromatic N) is 1. The van der Waals surface area contributed by atoms with Crippen molar-refractivity contribution in [3.63, 3.8) is 0 Å². The summed E-state index contributed by atoms with van der Waals surface area (Å²) in [5, 5.41) is 12.1. The molecule has 0 unspecified atom stereocenters. The first-order valence-electron chi connectivity index (χ1n) is 4.05. The van der Waals surface area contributed by atoms with Crippen molar-refractivity contribution in [2.24, 2.45) is 0 Å². The fourth-order valence-corrected chi connectivity index (χ4v) is 1.48. The molecule has 1 heterocycles. The highest BCUT2D eigenvalue weighted by Crippen LogP contribution is 2.26. The van der Waals surface area contributed by atoms with E-state index in [-0.39, 0.29) is 5.41 Å². The number of nitriles is 1. The summed E-state index contributed by atoms with van der Waals surface area (Å²) in [7, 11) is 0. The van der Waals surface area contributed by atoms with Crippen molar-refractivity contribution in [2.75, 3.05) is 13.1 Å². The lowest BCUT2D eigenvalue weighted by atomic mass is 9.77. The van der Waals surface area contributed by atoms with E-state index in [0.717, 1.165) is 18.7 Å². The van der Waals surface area contributed by atoms with Gasteiger partial charge in [-0.15, -0.1) is 0 Å². The maximum atomic E-state index is 9.00.